The summed E-state index contributed by atoms with van der Waals surface area (Å²) >= 11 is 0. The number of aromatic amines is 2. The van der Waals surface area contributed by atoms with Crippen molar-refractivity contribution in [2.75, 3.05) is 40.4 Å². The topological polar surface area (TPSA) is 82.3 Å². The maximum Gasteiger partial charge on any atom is 0.138 e. The summed E-state index contributed by atoms with van der Waals surface area (Å²) in [5.41, 5.74) is 5.87. The molecule has 2 aromatic heterocycles. The Morgan fingerprint density at radius 1 is 0.675 bits per heavy atom. The number of nitrogens with zero attached hydrogens (tertiary/aromatic N) is 4. The van der Waals surface area contributed by atoms with Crippen LogP contribution in [0.15, 0.2) is 60.7 Å². The molecule has 0 amide bonds. The van der Waals surface area contributed by atoms with Gasteiger partial charge in [0, 0.05) is 35.3 Å². The average molecular weight is 537 g/mol. The van der Waals surface area contributed by atoms with E-state index in [1.165, 1.54) is 25.7 Å². The van der Waals surface area contributed by atoms with Crippen LogP contribution < -0.4 is 9.47 Å². The Hall–Kier alpha value is -3.88. The van der Waals surface area contributed by atoms with Crippen molar-refractivity contribution in [2.45, 2.75) is 37.8 Å². The first kappa shape index (κ1) is 25.1. The lowest BCUT2D eigenvalue weighted by atomic mass is 10.1. The number of ether oxygens (including phenoxy) is 2. The summed E-state index contributed by atoms with van der Waals surface area (Å²) in [6.07, 6.45) is 4.89. The number of benzene rings is 3. The molecule has 0 bridgehead atoms. The van der Waals surface area contributed by atoms with Gasteiger partial charge in [0.1, 0.15) is 36.4 Å². The smallest absolute Gasteiger partial charge is 0.138 e. The van der Waals surface area contributed by atoms with Crippen molar-refractivity contribution in [1.82, 2.24) is 29.7 Å². The first-order chi connectivity index (χ1) is 19.6. The van der Waals surface area contributed by atoms with E-state index < -0.39 is 0 Å². The van der Waals surface area contributed by atoms with Crippen molar-refractivity contribution in [3.63, 3.8) is 0 Å². The SMILES string of the molecule is CN1CCC[C@H]1COc1ccc2nc(-c3ccc(-c4nc5ccc(OC[C@@H]6CCCN6C)cc5[nH]4)cc3)[nH]c2c1. The number of nitrogens with one attached hydrogen (secondary N) is 2. The van der Waals surface area contributed by atoms with Gasteiger partial charge in [-0.3, -0.25) is 0 Å². The maximum absolute atomic E-state index is 6.11. The monoisotopic (exact) mass is 536 g/mol. The standard InChI is InChI=1S/C32H36N6O2/c1-37-15-3-5-23(37)19-39-25-11-13-27-29(17-25)35-31(33-27)21-7-9-22(10-8-21)32-34-28-14-12-26(18-30(28)36-32)40-20-24-6-4-16-38(24)2/h7-14,17-18,23-24H,3-6,15-16,19-20H2,1-2H3,(H,33,35)(H,34,36)/t23-,24-/m0/s1. The predicted molar refractivity (Wildman–Crippen MR) is 159 cm³/mol. The van der Waals surface area contributed by atoms with Gasteiger partial charge in [-0.15, -0.1) is 0 Å². The number of likely N-dealkylation sites (tertiary alicyclic amines) is 2. The van der Waals surface area contributed by atoms with Crippen LogP contribution in [-0.4, -0.2) is 82.2 Å². The summed E-state index contributed by atoms with van der Waals surface area (Å²) in [7, 11) is 4.35. The van der Waals surface area contributed by atoms with Crippen molar-refractivity contribution in [3.05, 3.63) is 60.7 Å². The lowest BCUT2D eigenvalue weighted by molar-refractivity contribution is 0.198. The van der Waals surface area contributed by atoms with Gasteiger partial charge in [-0.2, -0.15) is 0 Å². The minimum atomic E-state index is 0.498. The van der Waals surface area contributed by atoms with Gasteiger partial charge in [0.05, 0.1) is 22.1 Å². The Bertz CT molecular complexity index is 1500. The molecule has 2 atom stereocenters. The summed E-state index contributed by atoms with van der Waals surface area (Å²) < 4.78 is 12.2. The molecule has 5 aromatic rings. The van der Waals surface area contributed by atoms with E-state index in [1.807, 2.05) is 36.4 Å². The van der Waals surface area contributed by atoms with E-state index >= 15 is 0 Å². The highest BCUT2D eigenvalue weighted by atomic mass is 16.5. The average Bonchev–Trinajstić information content (AvgIpc) is 3.77. The number of H-pyrrole nitrogens is 2. The molecule has 2 N–H and O–H groups in total. The fourth-order valence-corrected chi connectivity index (χ4v) is 5.98. The van der Waals surface area contributed by atoms with E-state index in [-0.39, 0.29) is 0 Å². The molecule has 0 spiro atoms. The van der Waals surface area contributed by atoms with Gasteiger partial charge < -0.3 is 29.2 Å². The van der Waals surface area contributed by atoms with Gasteiger partial charge in [-0.25, -0.2) is 9.97 Å². The van der Waals surface area contributed by atoms with Crippen LogP contribution in [0.2, 0.25) is 0 Å². The van der Waals surface area contributed by atoms with E-state index in [4.69, 9.17) is 19.4 Å². The van der Waals surface area contributed by atoms with Crippen molar-refractivity contribution in [1.29, 1.82) is 0 Å². The second-order valence-corrected chi connectivity index (χ2v) is 11.3. The maximum atomic E-state index is 6.11. The van der Waals surface area contributed by atoms with E-state index in [1.54, 1.807) is 0 Å². The lowest BCUT2D eigenvalue weighted by Crippen LogP contribution is -2.30. The molecule has 0 unspecified atom stereocenters. The summed E-state index contributed by atoms with van der Waals surface area (Å²) in [6, 6.07) is 21.5. The zero-order valence-electron chi connectivity index (χ0n) is 23.2. The molecule has 0 saturated carbocycles. The zero-order valence-corrected chi connectivity index (χ0v) is 23.2. The second-order valence-electron chi connectivity index (χ2n) is 11.3. The van der Waals surface area contributed by atoms with Crippen LogP contribution in [-0.2, 0) is 0 Å². The van der Waals surface area contributed by atoms with E-state index in [0.717, 1.165) is 82.6 Å². The Kier molecular flexibility index (Phi) is 6.65. The molecule has 2 aliphatic heterocycles. The first-order valence-electron chi connectivity index (χ1n) is 14.4. The molecular formula is C32H36N6O2. The quantitative estimate of drug-likeness (QED) is 0.264. The van der Waals surface area contributed by atoms with Crippen LogP contribution in [0.4, 0.5) is 0 Å². The highest BCUT2D eigenvalue weighted by Gasteiger charge is 2.22. The van der Waals surface area contributed by atoms with Crippen LogP contribution >= 0.6 is 0 Å². The minimum absolute atomic E-state index is 0.498. The zero-order chi connectivity index (χ0) is 27.1. The van der Waals surface area contributed by atoms with Crippen LogP contribution in [0.3, 0.4) is 0 Å². The fourth-order valence-electron chi connectivity index (χ4n) is 5.98. The molecule has 4 heterocycles. The number of aromatic nitrogens is 4. The summed E-state index contributed by atoms with van der Waals surface area (Å²) in [6.45, 7) is 3.75. The third-order valence-electron chi connectivity index (χ3n) is 8.57. The molecular weight excluding hydrogens is 500 g/mol. The van der Waals surface area contributed by atoms with Gasteiger partial charge in [-0.1, -0.05) is 24.3 Å². The van der Waals surface area contributed by atoms with Crippen LogP contribution in [0.5, 0.6) is 11.5 Å². The van der Waals surface area contributed by atoms with Crippen molar-refractivity contribution in [3.8, 4) is 34.3 Å². The summed E-state index contributed by atoms with van der Waals surface area (Å²) in [5.74, 6) is 3.44. The van der Waals surface area contributed by atoms with Crippen molar-refractivity contribution < 1.29 is 9.47 Å². The van der Waals surface area contributed by atoms with Crippen molar-refractivity contribution in [2.24, 2.45) is 0 Å². The lowest BCUT2D eigenvalue weighted by Gasteiger charge is -2.19. The van der Waals surface area contributed by atoms with E-state index in [2.05, 4.69) is 58.1 Å². The molecule has 40 heavy (non-hydrogen) atoms. The molecule has 2 aliphatic rings. The molecule has 8 nitrogen and oxygen atoms in total. The molecule has 2 saturated heterocycles. The normalized spacial score (nSPS) is 20.1. The van der Waals surface area contributed by atoms with E-state index in [9.17, 15) is 0 Å². The minimum Gasteiger partial charge on any atom is -0.492 e. The Morgan fingerprint density at radius 3 is 1.52 bits per heavy atom. The Labute approximate surface area is 234 Å². The number of hydrogen-bond acceptors (Lipinski definition) is 6. The third-order valence-corrected chi connectivity index (χ3v) is 8.57. The molecule has 0 aliphatic carbocycles. The summed E-state index contributed by atoms with van der Waals surface area (Å²) in [4.78, 5) is 21.3. The van der Waals surface area contributed by atoms with Crippen LogP contribution in [0.25, 0.3) is 44.8 Å². The van der Waals surface area contributed by atoms with Gasteiger partial charge in [0.2, 0.25) is 0 Å². The third kappa shape index (κ3) is 5.05. The highest BCUT2D eigenvalue weighted by molar-refractivity contribution is 5.82. The Morgan fingerprint density at radius 2 is 1.12 bits per heavy atom. The molecule has 206 valence electrons. The predicted octanol–water partition coefficient (Wildman–Crippen LogP) is 5.72. The van der Waals surface area contributed by atoms with Crippen LogP contribution in [0, 0.1) is 0 Å². The molecule has 0 radical (unpaired) electrons. The highest BCUT2D eigenvalue weighted by Crippen LogP contribution is 2.28. The Balaban J connectivity index is 1.04. The van der Waals surface area contributed by atoms with Gasteiger partial charge in [-0.05, 0) is 77.1 Å². The van der Waals surface area contributed by atoms with Crippen molar-refractivity contribution >= 4 is 22.1 Å². The number of rotatable bonds is 8. The van der Waals surface area contributed by atoms with Gasteiger partial charge >= 0.3 is 0 Å². The van der Waals surface area contributed by atoms with Gasteiger partial charge in [0.25, 0.3) is 0 Å². The van der Waals surface area contributed by atoms with Gasteiger partial charge in [0.15, 0.2) is 0 Å². The fraction of sp³-hybridized carbons (Fsp3) is 0.375. The largest absolute Gasteiger partial charge is 0.492 e. The van der Waals surface area contributed by atoms with Crippen LogP contribution in [0.1, 0.15) is 25.7 Å². The molecule has 8 heteroatoms. The number of hydrogen-bond donors (Lipinski definition) is 2. The number of imidazole rings is 2. The molecule has 7 rings (SSSR count). The molecule has 2 fully saturated rings. The summed E-state index contributed by atoms with van der Waals surface area (Å²) in [5, 5.41) is 0. The number of fused-ring (bicyclic) bond motifs is 2. The van der Waals surface area contributed by atoms with E-state index in [0.29, 0.717) is 12.1 Å². The molecule has 3 aromatic carbocycles. The number of likely N-dealkylation sites (N-methyl/N-ethyl adjacent to an activating group) is 2. The first-order valence-corrected chi connectivity index (χ1v) is 14.4. The second kappa shape index (κ2) is 10.6.